The van der Waals surface area contributed by atoms with Crippen LogP contribution < -0.4 is 5.32 Å². The molecule has 2 aromatic carbocycles. The number of aromatic amines is 1. The molecule has 0 bridgehead atoms. The highest BCUT2D eigenvalue weighted by Gasteiger charge is 2.12. The van der Waals surface area contributed by atoms with E-state index in [0.717, 1.165) is 29.6 Å². The van der Waals surface area contributed by atoms with Gasteiger partial charge in [0.2, 0.25) is 5.91 Å². The number of benzene rings is 2. The van der Waals surface area contributed by atoms with Gasteiger partial charge in [-0.05, 0) is 43.5 Å². The van der Waals surface area contributed by atoms with E-state index < -0.39 is 0 Å². The first-order chi connectivity index (χ1) is 14.5. The predicted molar refractivity (Wildman–Crippen MR) is 122 cm³/mol. The van der Waals surface area contributed by atoms with Crippen LogP contribution in [0.1, 0.15) is 29.7 Å². The molecule has 2 aromatic heterocycles. The van der Waals surface area contributed by atoms with E-state index in [1.807, 2.05) is 37.4 Å². The zero-order chi connectivity index (χ0) is 21.1. The van der Waals surface area contributed by atoms with E-state index in [2.05, 4.69) is 27.5 Å². The van der Waals surface area contributed by atoms with Crippen LogP contribution in [0.3, 0.4) is 0 Å². The number of fused-ring (bicyclic) bond motifs is 1. The van der Waals surface area contributed by atoms with Crippen LogP contribution in [-0.2, 0) is 17.8 Å². The number of amides is 1. The molecule has 5 nitrogen and oxygen atoms in total. The number of hydrogen-bond acceptors (Lipinski definition) is 2. The van der Waals surface area contributed by atoms with Gasteiger partial charge in [-0.1, -0.05) is 47.5 Å². The van der Waals surface area contributed by atoms with Crippen LogP contribution in [0.4, 0.5) is 5.82 Å². The molecule has 0 unspecified atom stereocenters. The first kappa shape index (κ1) is 20.5. The van der Waals surface area contributed by atoms with Crippen molar-refractivity contribution in [1.82, 2.24) is 14.8 Å². The zero-order valence-corrected chi connectivity index (χ0v) is 18.1. The second kappa shape index (κ2) is 8.94. The predicted octanol–water partition coefficient (Wildman–Crippen LogP) is 5.99. The van der Waals surface area contributed by atoms with Gasteiger partial charge in [0.05, 0.1) is 6.54 Å². The summed E-state index contributed by atoms with van der Waals surface area (Å²) in [5.41, 5.74) is 4.08. The van der Waals surface area contributed by atoms with Gasteiger partial charge in [0.15, 0.2) is 5.82 Å². The summed E-state index contributed by atoms with van der Waals surface area (Å²) in [4.78, 5) is 15.7. The first-order valence-corrected chi connectivity index (χ1v) is 10.6. The summed E-state index contributed by atoms with van der Waals surface area (Å²) in [7, 11) is 0. The highest BCUT2D eigenvalue weighted by atomic mass is 35.5. The van der Waals surface area contributed by atoms with E-state index in [1.54, 1.807) is 16.8 Å². The topological polar surface area (TPSA) is 62.7 Å². The third-order valence-electron chi connectivity index (χ3n) is 5.14. The largest absolute Gasteiger partial charge is 0.361 e. The minimum atomic E-state index is -0.0460. The van der Waals surface area contributed by atoms with E-state index in [1.165, 1.54) is 10.9 Å². The number of nitrogens with zero attached hydrogens (tertiary/aromatic N) is 2. The van der Waals surface area contributed by atoms with Crippen LogP contribution in [0.25, 0.3) is 10.9 Å². The lowest BCUT2D eigenvalue weighted by molar-refractivity contribution is -0.116. The minimum absolute atomic E-state index is 0.0460. The van der Waals surface area contributed by atoms with E-state index in [0.29, 0.717) is 28.8 Å². The minimum Gasteiger partial charge on any atom is -0.361 e. The molecule has 0 radical (unpaired) electrons. The molecule has 4 rings (SSSR count). The fraction of sp³-hybridized carbons (Fsp3) is 0.217. The van der Waals surface area contributed by atoms with Gasteiger partial charge in [-0.15, -0.1) is 0 Å². The molecule has 2 heterocycles. The smallest absolute Gasteiger partial charge is 0.225 e. The van der Waals surface area contributed by atoms with Gasteiger partial charge in [0.25, 0.3) is 0 Å². The molecule has 0 fully saturated rings. The molecular formula is C23H22Cl2N4O. The van der Waals surface area contributed by atoms with Crippen LogP contribution in [0.2, 0.25) is 10.0 Å². The van der Waals surface area contributed by atoms with Crippen LogP contribution in [0.15, 0.2) is 54.7 Å². The molecule has 4 aromatic rings. The molecule has 0 saturated carbocycles. The molecule has 154 valence electrons. The number of carbonyl (C=O) groups is 1. The molecule has 2 N–H and O–H groups in total. The van der Waals surface area contributed by atoms with Crippen molar-refractivity contribution in [3.05, 3.63) is 81.6 Å². The number of para-hydroxylation sites is 1. The Balaban J connectivity index is 1.34. The van der Waals surface area contributed by atoms with E-state index in [-0.39, 0.29) is 5.91 Å². The summed E-state index contributed by atoms with van der Waals surface area (Å²) in [6, 6.07) is 15.5. The Labute approximate surface area is 185 Å². The van der Waals surface area contributed by atoms with E-state index in [9.17, 15) is 4.79 Å². The Morgan fingerprint density at radius 3 is 2.70 bits per heavy atom. The zero-order valence-electron chi connectivity index (χ0n) is 16.6. The van der Waals surface area contributed by atoms with Crippen molar-refractivity contribution in [2.75, 3.05) is 5.32 Å². The number of hydrogen-bond donors (Lipinski definition) is 2. The summed E-state index contributed by atoms with van der Waals surface area (Å²) in [6.07, 6.45) is 4.06. The van der Waals surface area contributed by atoms with Crippen molar-refractivity contribution in [1.29, 1.82) is 0 Å². The van der Waals surface area contributed by atoms with Crippen LogP contribution in [0.5, 0.6) is 0 Å². The maximum absolute atomic E-state index is 12.4. The molecule has 0 aliphatic heterocycles. The van der Waals surface area contributed by atoms with Gasteiger partial charge in [0.1, 0.15) is 0 Å². The monoisotopic (exact) mass is 440 g/mol. The number of H-pyrrole nitrogens is 1. The summed E-state index contributed by atoms with van der Waals surface area (Å²) in [5.74, 6) is 0.489. The van der Waals surface area contributed by atoms with Gasteiger partial charge >= 0.3 is 0 Å². The van der Waals surface area contributed by atoms with Crippen molar-refractivity contribution in [3.8, 4) is 0 Å². The summed E-state index contributed by atoms with van der Waals surface area (Å²) in [5, 5.41) is 9.79. The molecule has 0 saturated heterocycles. The summed E-state index contributed by atoms with van der Waals surface area (Å²) < 4.78 is 1.79. The Morgan fingerprint density at radius 2 is 1.90 bits per heavy atom. The number of aromatic nitrogens is 3. The number of anilines is 1. The lowest BCUT2D eigenvalue weighted by Gasteiger charge is -2.08. The number of rotatable bonds is 7. The Hall–Kier alpha value is -2.76. The molecule has 0 aliphatic carbocycles. The van der Waals surface area contributed by atoms with Crippen molar-refractivity contribution < 1.29 is 4.79 Å². The van der Waals surface area contributed by atoms with Gasteiger partial charge in [-0.3, -0.25) is 9.48 Å². The van der Waals surface area contributed by atoms with Crippen molar-refractivity contribution in [2.24, 2.45) is 0 Å². The normalized spacial score (nSPS) is 11.2. The van der Waals surface area contributed by atoms with Crippen LogP contribution >= 0.6 is 23.2 Å². The van der Waals surface area contributed by atoms with Crippen LogP contribution in [-0.4, -0.2) is 20.7 Å². The SMILES string of the molecule is Cc1cc(NC(=O)CCCc2c[nH]c3ccccc23)nn1Cc1c(Cl)cccc1Cl. The van der Waals surface area contributed by atoms with Gasteiger partial charge in [-0.2, -0.15) is 5.10 Å². The average Bonchev–Trinajstić information content (AvgIpc) is 3.28. The molecule has 0 atom stereocenters. The maximum atomic E-state index is 12.4. The second-order valence-corrected chi connectivity index (χ2v) is 8.10. The average molecular weight is 441 g/mol. The lowest BCUT2D eigenvalue weighted by atomic mass is 10.1. The highest BCUT2D eigenvalue weighted by Crippen LogP contribution is 2.26. The van der Waals surface area contributed by atoms with Gasteiger partial charge < -0.3 is 10.3 Å². The van der Waals surface area contributed by atoms with E-state index in [4.69, 9.17) is 23.2 Å². The second-order valence-electron chi connectivity index (χ2n) is 7.29. The van der Waals surface area contributed by atoms with Crippen LogP contribution in [0, 0.1) is 6.92 Å². The van der Waals surface area contributed by atoms with Gasteiger partial charge in [0, 0.05) is 50.9 Å². The Morgan fingerprint density at radius 1 is 1.13 bits per heavy atom. The fourth-order valence-corrected chi connectivity index (χ4v) is 4.06. The van der Waals surface area contributed by atoms with E-state index >= 15 is 0 Å². The highest BCUT2D eigenvalue weighted by molar-refractivity contribution is 6.35. The Bertz CT molecular complexity index is 1170. The maximum Gasteiger partial charge on any atom is 0.225 e. The lowest BCUT2D eigenvalue weighted by Crippen LogP contribution is -2.12. The molecule has 0 spiro atoms. The molecule has 1 amide bonds. The van der Waals surface area contributed by atoms with Crippen molar-refractivity contribution >= 4 is 45.8 Å². The molecule has 0 aliphatic rings. The quantitative estimate of drug-likeness (QED) is 0.370. The van der Waals surface area contributed by atoms with Crippen molar-refractivity contribution in [3.63, 3.8) is 0 Å². The van der Waals surface area contributed by atoms with Crippen molar-refractivity contribution in [2.45, 2.75) is 32.7 Å². The first-order valence-electron chi connectivity index (χ1n) is 9.83. The molecule has 30 heavy (non-hydrogen) atoms. The fourth-order valence-electron chi connectivity index (χ4n) is 3.55. The standard InChI is InChI=1S/C23H22Cl2N4O/c1-15-12-22(28-29(15)14-18-19(24)8-5-9-20(18)25)27-23(30)11-4-6-16-13-26-21-10-3-2-7-17(16)21/h2-3,5,7-10,12-13,26H,4,6,11,14H2,1H3,(H,27,28,30). The summed E-state index contributed by atoms with van der Waals surface area (Å²) in [6.45, 7) is 2.38. The third kappa shape index (κ3) is 4.53. The number of aryl methyl sites for hydroxylation is 2. The third-order valence-corrected chi connectivity index (χ3v) is 5.85. The molecular weight excluding hydrogens is 419 g/mol. The summed E-state index contributed by atoms with van der Waals surface area (Å²) >= 11 is 12.5. The molecule has 7 heteroatoms. The number of nitrogens with one attached hydrogen (secondary N) is 2. The number of carbonyl (C=O) groups excluding carboxylic acids is 1. The Kier molecular flexibility index (Phi) is 6.11. The van der Waals surface area contributed by atoms with Gasteiger partial charge in [-0.25, -0.2) is 0 Å². The number of halogens is 2.